The SMILES string of the molecule is COc1ccc2c(c1)c(C(=O)c1nnc(-c3ccccn3)o1)c(C)n2Cc1ccc(OC(F)(F)F)cc1. The minimum absolute atomic E-state index is 0.115. The summed E-state index contributed by atoms with van der Waals surface area (Å²) in [6.07, 6.45) is -3.19. The molecule has 5 aromatic rings. The molecule has 2 aromatic carbocycles. The summed E-state index contributed by atoms with van der Waals surface area (Å²) in [6, 6.07) is 16.1. The van der Waals surface area contributed by atoms with Gasteiger partial charge in [-0.3, -0.25) is 9.78 Å². The average Bonchev–Trinajstić information content (AvgIpc) is 3.48. The van der Waals surface area contributed by atoms with Crippen LogP contribution in [-0.4, -0.2) is 39.0 Å². The fourth-order valence-corrected chi connectivity index (χ4v) is 4.07. The Labute approximate surface area is 208 Å². The molecule has 0 aliphatic carbocycles. The Hall–Kier alpha value is -4.67. The van der Waals surface area contributed by atoms with E-state index in [0.29, 0.717) is 33.7 Å². The Bertz CT molecular complexity index is 1580. The first-order valence-corrected chi connectivity index (χ1v) is 11.0. The normalized spacial score (nSPS) is 11.6. The van der Waals surface area contributed by atoms with Gasteiger partial charge in [-0.15, -0.1) is 23.4 Å². The first kappa shape index (κ1) is 24.0. The molecule has 0 aliphatic rings. The number of aromatic nitrogens is 4. The molecule has 8 nitrogen and oxygen atoms in total. The van der Waals surface area contributed by atoms with E-state index >= 15 is 0 Å². The summed E-state index contributed by atoms with van der Waals surface area (Å²) in [6.45, 7) is 2.06. The Morgan fingerprint density at radius 1 is 1.03 bits per heavy atom. The summed E-state index contributed by atoms with van der Waals surface area (Å²) >= 11 is 0. The second-order valence-electron chi connectivity index (χ2n) is 8.08. The number of benzene rings is 2. The molecule has 0 fully saturated rings. The summed E-state index contributed by atoms with van der Waals surface area (Å²) in [5.74, 6) is -0.320. The molecule has 5 rings (SSSR count). The number of hydrogen-bond donors (Lipinski definition) is 0. The van der Waals surface area contributed by atoms with Crippen LogP contribution in [0.25, 0.3) is 22.5 Å². The van der Waals surface area contributed by atoms with Crippen molar-refractivity contribution in [1.29, 1.82) is 0 Å². The number of nitrogens with zero attached hydrogens (tertiary/aromatic N) is 4. The van der Waals surface area contributed by atoms with Gasteiger partial charge in [-0.05, 0) is 55.0 Å². The van der Waals surface area contributed by atoms with Crippen LogP contribution in [0.5, 0.6) is 11.5 Å². The maximum atomic E-state index is 13.6. The third-order valence-corrected chi connectivity index (χ3v) is 5.76. The zero-order chi connectivity index (χ0) is 26.2. The number of ether oxygens (including phenoxy) is 2. The van der Waals surface area contributed by atoms with Crippen LogP contribution in [0.3, 0.4) is 0 Å². The van der Waals surface area contributed by atoms with Gasteiger partial charge < -0.3 is 18.5 Å². The third kappa shape index (κ3) is 4.88. The lowest BCUT2D eigenvalue weighted by Gasteiger charge is -2.11. The van der Waals surface area contributed by atoms with Gasteiger partial charge in [0.1, 0.15) is 17.2 Å². The molecule has 0 saturated heterocycles. The lowest BCUT2D eigenvalue weighted by Crippen LogP contribution is -2.17. The van der Waals surface area contributed by atoms with Crippen LogP contribution in [0.15, 0.2) is 71.3 Å². The monoisotopic (exact) mass is 508 g/mol. The molecule has 0 saturated carbocycles. The van der Waals surface area contributed by atoms with Crippen LogP contribution in [-0.2, 0) is 6.54 Å². The molecule has 11 heteroatoms. The van der Waals surface area contributed by atoms with E-state index < -0.39 is 12.1 Å². The quantitative estimate of drug-likeness (QED) is 0.265. The smallest absolute Gasteiger partial charge is 0.497 e. The van der Waals surface area contributed by atoms with Gasteiger partial charge in [0, 0.05) is 29.3 Å². The average molecular weight is 508 g/mol. The van der Waals surface area contributed by atoms with E-state index in [2.05, 4.69) is 19.9 Å². The van der Waals surface area contributed by atoms with Crippen LogP contribution in [0.2, 0.25) is 0 Å². The molecular weight excluding hydrogens is 489 g/mol. The molecule has 0 bridgehead atoms. The van der Waals surface area contributed by atoms with E-state index in [9.17, 15) is 18.0 Å². The van der Waals surface area contributed by atoms with Crippen molar-refractivity contribution >= 4 is 16.7 Å². The van der Waals surface area contributed by atoms with Crippen LogP contribution in [0.4, 0.5) is 13.2 Å². The van der Waals surface area contributed by atoms with Crippen molar-refractivity contribution in [2.45, 2.75) is 19.8 Å². The second-order valence-corrected chi connectivity index (χ2v) is 8.08. The van der Waals surface area contributed by atoms with Gasteiger partial charge >= 0.3 is 6.36 Å². The van der Waals surface area contributed by atoms with Crippen molar-refractivity contribution in [1.82, 2.24) is 19.7 Å². The van der Waals surface area contributed by atoms with Gasteiger partial charge in [0.2, 0.25) is 0 Å². The van der Waals surface area contributed by atoms with E-state index in [-0.39, 0.29) is 24.1 Å². The van der Waals surface area contributed by atoms with Crippen molar-refractivity contribution < 1.29 is 31.9 Å². The van der Waals surface area contributed by atoms with E-state index in [0.717, 1.165) is 5.52 Å². The number of carbonyl (C=O) groups is 1. The van der Waals surface area contributed by atoms with Gasteiger partial charge in [0.05, 0.1) is 12.7 Å². The van der Waals surface area contributed by atoms with E-state index in [1.54, 1.807) is 43.5 Å². The number of ketones is 1. The molecular formula is C26H19F3N4O4. The van der Waals surface area contributed by atoms with Crippen LogP contribution in [0, 0.1) is 6.92 Å². The number of carbonyl (C=O) groups excluding carboxylic acids is 1. The molecule has 188 valence electrons. The minimum Gasteiger partial charge on any atom is -0.497 e. The predicted molar refractivity (Wildman–Crippen MR) is 126 cm³/mol. The van der Waals surface area contributed by atoms with Crippen molar-refractivity contribution in [3.8, 4) is 23.1 Å². The number of fused-ring (bicyclic) bond motifs is 1. The van der Waals surface area contributed by atoms with E-state index in [1.165, 1.54) is 31.4 Å². The summed E-state index contributed by atoms with van der Waals surface area (Å²) in [5.41, 5.74) is 2.83. The lowest BCUT2D eigenvalue weighted by molar-refractivity contribution is -0.274. The largest absolute Gasteiger partial charge is 0.573 e. The second kappa shape index (κ2) is 9.41. The number of halogens is 3. The molecule has 0 unspecified atom stereocenters. The third-order valence-electron chi connectivity index (χ3n) is 5.76. The number of rotatable bonds is 7. The highest BCUT2D eigenvalue weighted by atomic mass is 19.4. The van der Waals surface area contributed by atoms with E-state index in [4.69, 9.17) is 9.15 Å². The molecule has 0 radical (unpaired) electrons. The highest BCUT2D eigenvalue weighted by Gasteiger charge is 2.31. The number of hydrogen-bond acceptors (Lipinski definition) is 7. The zero-order valence-corrected chi connectivity index (χ0v) is 19.6. The van der Waals surface area contributed by atoms with Crippen molar-refractivity contribution in [3.05, 3.63) is 89.6 Å². The van der Waals surface area contributed by atoms with Gasteiger partial charge in [0.15, 0.2) is 0 Å². The molecule has 3 heterocycles. The summed E-state index contributed by atoms with van der Waals surface area (Å²) in [4.78, 5) is 17.7. The zero-order valence-electron chi connectivity index (χ0n) is 19.6. The molecule has 37 heavy (non-hydrogen) atoms. The Morgan fingerprint density at radius 3 is 2.46 bits per heavy atom. The van der Waals surface area contributed by atoms with Crippen LogP contribution < -0.4 is 9.47 Å². The Kier molecular flexibility index (Phi) is 6.12. The summed E-state index contributed by atoms with van der Waals surface area (Å²) in [7, 11) is 1.52. The highest BCUT2D eigenvalue weighted by Crippen LogP contribution is 2.32. The lowest BCUT2D eigenvalue weighted by atomic mass is 10.1. The Balaban J connectivity index is 1.53. The fourth-order valence-electron chi connectivity index (χ4n) is 4.07. The highest BCUT2D eigenvalue weighted by molar-refractivity contribution is 6.15. The first-order chi connectivity index (χ1) is 17.7. The van der Waals surface area contributed by atoms with Crippen molar-refractivity contribution in [3.63, 3.8) is 0 Å². The Morgan fingerprint density at radius 2 is 1.78 bits per heavy atom. The summed E-state index contributed by atoms with van der Waals surface area (Å²) in [5, 5.41) is 8.51. The molecule has 0 N–H and O–H groups in total. The van der Waals surface area contributed by atoms with Gasteiger partial charge in [-0.25, -0.2) is 0 Å². The molecule has 0 atom stereocenters. The minimum atomic E-state index is -4.77. The number of alkyl halides is 3. The molecule has 0 spiro atoms. The number of methoxy groups -OCH3 is 1. The molecule has 3 aromatic heterocycles. The maximum Gasteiger partial charge on any atom is 0.573 e. The van der Waals surface area contributed by atoms with Crippen molar-refractivity contribution in [2.24, 2.45) is 0 Å². The number of pyridine rings is 1. The topological polar surface area (TPSA) is 92.3 Å². The fraction of sp³-hybridized carbons (Fsp3) is 0.154. The van der Waals surface area contributed by atoms with E-state index in [1.807, 2.05) is 10.6 Å². The van der Waals surface area contributed by atoms with Gasteiger partial charge in [-0.2, -0.15) is 0 Å². The predicted octanol–water partition coefficient (Wildman–Crippen LogP) is 5.58. The van der Waals surface area contributed by atoms with Crippen LogP contribution >= 0.6 is 0 Å². The molecule has 0 aliphatic heterocycles. The standard InChI is InChI=1S/C26H19F3N4O4/c1-15-22(23(34)25-32-31-24(36-25)20-5-3-4-12-30-20)19-13-18(35-2)10-11-21(19)33(15)14-16-6-8-17(9-7-16)37-26(27,28)29/h3-13H,14H2,1-2H3. The molecule has 0 amide bonds. The van der Waals surface area contributed by atoms with Gasteiger partial charge in [0.25, 0.3) is 17.6 Å². The van der Waals surface area contributed by atoms with Crippen LogP contribution in [0.1, 0.15) is 27.5 Å². The van der Waals surface area contributed by atoms with Gasteiger partial charge in [-0.1, -0.05) is 18.2 Å². The first-order valence-electron chi connectivity index (χ1n) is 11.0. The summed E-state index contributed by atoms with van der Waals surface area (Å²) < 4.78 is 54.4. The maximum absolute atomic E-state index is 13.6. The van der Waals surface area contributed by atoms with Crippen molar-refractivity contribution in [2.75, 3.05) is 7.11 Å².